The van der Waals surface area contributed by atoms with Crippen molar-refractivity contribution in [3.8, 4) is 0 Å². The summed E-state index contributed by atoms with van der Waals surface area (Å²) in [6.07, 6.45) is 10.2. The minimum atomic E-state index is 0.392. The van der Waals surface area contributed by atoms with Crippen LogP contribution in [0.3, 0.4) is 0 Å². The van der Waals surface area contributed by atoms with E-state index in [1.165, 1.54) is 63.9 Å². The van der Waals surface area contributed by atoms with E-state index in [9.17, 15) is 0 Å². The first-order chi connectivity index (χ1) is 9.26. The van der Waals surface area contributed by atoms with Crippen LogP contribution < -0.4 is 5.32 Å². The van der Waals surface area contributed by atoms with Crippen molar-refractivity contribution in [1.29, 1.82) is 0 Å². The van der Waals surface area contributed by atoms with Crippen molar-refractivity contribution in [2.75, 3.05) is 19.6 Å². The smallest absolute Gasteiger partial charge is 0.0764 e. The molecule has 0 bridgehead atoms. The summed E-state index contributed by atoms with van der Waals surface area (Å²) >= 11 is 0. The summed E-state index contributed by atoms with van der Waals surface area (Å²) in [5.74, 6) is 0. The van der Waals surface area contributed by atoms with Gasteiger partial charge in [0, 0.05) is 31.9 Å². The van der Waals surface area contributed by atoms with Crippen LogP contribution in [0.4, 0.5) is 0 Å². The molecule has 4 nitrogen and oxygen atoms in total. The number of hydrogen-bond acceptors (Lipinski definition) is 3. The summed E-state index contributed by atoms with van der Waals surface area (Å²) in [5.41, 5.74) is 1.60. The van der Waals surface area contributed by atoms with Crippen LogP contribution in [-0.4, -0.2) is 39.9 Å². The van der Waals surface area contributed by atoms with Crippen molar-refractivity contribution < 1.29 is 0 Å². The van der Waals surface area contributed by atoms with Crippen molar-refractivity contribution in [1.82, 2.24) is 20.0 Å². The van der Waals surface area contributed by atoms with Crippen LogP contribution in [0.2, 0.25) is 0 Å². The second-order valence-corrected chi connectivity index (χ2v) is 6.31. The van der Waals surface area contributed by atoms with E-state index in [1.807, 2.05) is 17.9 Å². The lowest BCUT2D eigenvalue weighted by atomic mass is 9.81. The van der Waals surface area contributed by atoms with Crippen molar-refractivity contribution in [2.45, 2.75) is 50.6 Å². The monoisotopic (exact) mass is 262 g/mol. The van der Waals surface area contributed by atoms with Crippen LogP contribution in [0, 0.1) is 0 Å². The molecule has 4 heteroatoms. The first-order valence-corrected chi connectivity index (χ1v) is 7.72. The van der Waals surface area contributed by atoms with E-state index < -0.39 is 0 Å². The SMILES string of the molecule is Cn1ccc(CN2CCCNC3(CCCCC3)C2)n1. The maximum atomic E-state index is 4.52. The molecule has 2 aliphatic rings. The third-order valence-electron chi connectivity index (χ3n) is 4.64. The highest BCUT2D eigenvalue weighted by Gasteiger charge is 2.34. The molecule has 1 saturated heterocycles. The maximum Gasteiger partial charge on any atom is 0.0764 e. The predicted octanol–water partition coefficient (Wildman–Crippen LogP) is 1.92. The number of nitrogens with one attached hydrogen (secondary N) is 1. The molecule has 3 rings (SSSR count). The molecule has 106 valence electrons. The number of rotatable bonds is 2. The van der Waals surface area contributed by atoms with E-state index in [2.05, 4.69) is 21.4 Å². The van der Waals surface area contributed by atoms with Crippen LogP contribution in [0.25, 0.3) is 0 Å². The second-order valence-electron chi connectivity index (χ2n) is 6.31. The zero-order valence-corrected chi connectivity index (χ0v) is 12.1. The molecule has 1 aromatic heterocycles. The molecule has 1 aliphatic carbocycles. The number of hydrogen-bond donors (Lipinski definition) is 1. The van der Waals surface area contributed by atoms with Crippen molar-refractivity contribution in [2.24, 2.45) is 7.05 Å². The third kappa shape index (κ3) is 3.18. The molecule has 0 atom stereocenters. The highest BCUT2D eigenvalue weighted by Crippen LogP contribution is 2.30. The summed E-state index contributed by atoms with van der Waals surface area (Å²) in [7, 11) is 2.00. The largest absolute Gasteiger partial charge is 0.310 e. The van der Waals surface area contributed by atoms with Gasteiger partial charge in [0.05, 0.1) is 5.69 Å². The zero-order valence-electron chi connectivity index (χ0n) is 12.1. The quantitative estimate of drug-likeness (QED) is 0.884. The molecule has 1 N–H and O–H groups in total. The van der Waals surface area contributed by atoms with Crippen LogP contribution >= 0.6 is 0 Å². The van der Waals surface area contributed by atoms with E-state index in [1.54, 1.807) is 0 Å². The minimum Gasteiger partial charge on any atom is -0.310 e. The Hall–Kier alpha value is -0.870. The van der Waals surface area contributed by atoms with Crippen LogP contribution in [-0.2, 0) is 13.6 Å². The van der Waals surface area contributed by atoms with Gasteiger partial charge in [-0.05, 0) is 38.4 Å². The van der Waals surface area contributed by atoms with E-state index in [-0.39, 0.29) is 0 Å². The van der Waals surface area contributed by atoms with E-state index >= 15 is 0 Å². The Morgan fingerprint density at radius 2 is 2.11 bits per heavy atom. The Balaban J connectivity index is 1.67. The lowest BCUT2D eigenvalue weighted by Gasteiger charge is -2.40. The van der Waals surface area contributed by atoms with Gasteiger partial charge in [0.25, 0.3) is 0 Å². The van der Waals surface area contributed by atoms with Gasteiger partial charge in [0.1, 0.15) is 0 Å². The van der Waals surface area contributed by atoms with E-state index in [0.29, 0.717) is 5.54 Å². The predicted molar refractivity (Wildman–Crippen MR) is 76.9 cm³/mol. The standard InChI is InChI=1S/C15H26N4/c1-18-11-6-14(17-18)12-19-10-5-9-16-15(13-19)7-3-2-4-8-15/h6,11,16H,2-5,7-10,12-13H2,1H3. The zero-order chi connectivity index (χ0) is 13.1. The van der Waals surface area contributed by atoms with Crippen LogP contribution in [0.5, 0.6) is 0 Å². The van der Waals surface area contributed by atoms with Gasteiger partial charge in [0.2, 0.25) is 0 Å². The summed E-state index contributed by atoms with van der Waals surface area (Å²) in [5, 5.41) is 8.37. The molecule has 1 spiro atoms. The summed E-state index contributed by atoms with van der Waals surface area (Å²) in [4.78, 5) is 2.60. The number of aryl methyl sites for hydroxylation is 1. The summed E-state index contributed by atoms with van der Waals surface area (Å²) < 4.78 is 1.90. The average molecular weight is 262 g/mol. The van der Waals surface area contributed by atoms with E-state index in [0.717, 1.165) is 6.54 Å². The van der Waals surface area contributed by atoms with Gasteiger partial charge in [0.15, 0.2) is 0 Å². The summed E-state index contributed by atoms with van der Waals surface area (Å²) in [6.45, 7) is 4.58. The molecule has 19 heavy (non-hydrogen) atoms. The maximum absolute atomic E-state index is 4.52. The Labute approximate surface area is 116 Å². The molecule has 0 unspecified atom stereocenters. The van der Waals surface area contributed by atoms with Gasteiger partial charge in [-0.2, -0.15) is 5.10 Å². The molecule has 1 aliphatic heterocycles. The fourth-order valence-electron chi connectivity index (χ4n) is 3.69. The fraction of sp³-hybridized carbons (Fsp3) is 0.800. The molecule has 2 fully saturated rings. The lowest BCUT2D eigenvalue weighted by molar-refractivity contribution is 0.158. The lowest BCUT2D eigenvalue weighted by Crippen LogP contribution is -2.52. The van der Waals surface area contributed by atoms with Gasteiger partial charge in [-0.3, -0.25) is 9.58 Å². The first kappa shape index (κ1) is 13.1. The van der Waals surface area contributed by atoms with Gasteiger partial charge in [-0.25, -0.2) is 0 Å². The number of aromatic nitrogens is 2. The van der Waals surface area contributed by atoms with Crippen LogP contribution in [0.1, 0.15) is 44.2 Å². The molecule has 2 heterocycles. The van der Waals surface area contributed by atoms with Crippen molar-refractivity contribution in [3.63, 3.8) is 0 Å². The Morgan fingerprint density at radius 3 is 2.84 bits per heavy atom. The van der Waals surface area contributed by atoms with Crippen molar-refractivity contribution >= 4 is 0 Å². The van der Waals surface area contributed by atoms with Gasteiger partial charge in [-0.15, -0.1) is 0 Å². The molecular formula is C15H26N4. The molecule has 0 amide bonds. The molecule has 0 aromatic carbocycles. The second kappa shape index (κ2) is 5.63. The Bertz CT molecular complexity index is 406. The molecule has 1 aromatic rings. The minimum absolute atomic E-state index is 0.392. The van der Waals surface area contributed by atoms with Crippen molar-refractivity contribution in [3.05, 3.63) is 18.0 Å². The normalized spacial score (nSPS) is 24.5. The van der Waals surface area contributed by atoms with Gasteiger partial charge in [-0.1, -0.05) is 19.3 Å². The summed E-state index contributed by atoms with van der Waals surface area (Å²) in [6, 6.07) is 2.14. The van der Waals surface area contributed by atoms with Gasteiger partial charge >= 0.3 is 0 Å². The Morgan fingerprint density at radius 1 is 1.26 bits per heavy atom. The highest BCUT2D eigenvalue weighted by molar-refractivity contribution is 5.01. The fourth-order valence-corrected chi connectivity index (χ4v) is 3.69. The number of nitrogens with zero attached hydrogens (tertiary/aromatic N) is 3. The average Bonchev–Trinajstić information content (AvgIpc) is 2.71. The third-order valence-corrected chi connectivity index (χ3v) is 4.64. The molecular weight excluding hydrogens is 236 g/mol. The van der Waals surface area contributed by atoms with Gasteiger partial charge < -0.3 is 5.32 Å². The van der Waals surface area contributed by atoms with E-state index in [4.69, 9.17) is 0 Å². The Kier molecular flexibility index (Phi) is 3.89. The highest BCUT2D eigenvalue weighted by atomic mass is 15.3. The molecule has 0 radical (unpaired) electrons. The first-order valence-electron chi connectivity index (χ1n) is 7.72. The topological polar surface area (TPSA) is 33.1 Å². The molecule has 1 saturated carbocycles. The van der Waals surface area contributed by atoms with Crippen LogP contribution in [0.15, 0.2) is 12.3 Å².